The first-order valence-corrected chi connectivity index (χ1v) is 11.0. The molecule has 156 valence electrons. The number of hydrogen-bond donors (Lipinski definition) is 1. The van der Waals surface area contributed by atoms with Gasteiger partial charge >= 0.3 is 0 Å². The predicted octanol–water partition coefficient (Wildman–Crippen LogP) is 3.08. The van der Waals surface area contributed by atoms with Crippen LogP contribution in [0.2, 0.25) is 0 Å². The largest absolute Gasteiger partial charge is 0.342 e. The standard InChI is InChI=1S/C23H27N5O2/c29-21(27-13-12-16-6-4-5-7-17(16)15-27)11-10-20-25-22-19(23(30)26-20)14-24-28(22)18-8-2-1-3-9-18/h1-3,8-9,14,16-17H,4-7,10-13,15H2,(H,25,26,30)/t16-,17-/m1/s1. The number of nitrogens with one attached hydrogen (secondary N) is 1. The number of likely N-dealkylation sites (tertiary alicyclic amines) is 1. The molecular formula is C23H27N5O2. The molecule has 1 amide bonds. The van der Waals surface area contributed by atoms with E-state index in [0.717, 1.165) is 31.1 Å². The van der Waals surface area contributed by atoms with Crippen molar-refractivity contribution >= 4 is 16.9 Å². The van der Waals surface area contributed by atoms with Crippen molar-refractivity contribution in [3.8, 4) is 5.69 Å². The number of hydrogen-bond acceptors (Lipinski definition) is 4. The Morgan fingerprint density at radius 3 is 2.73 bits per heavy atom. The third-order valence-corrected chi connectivity index (χ3v) is 6.71. The zero-order valence-electron chi connectivity index (χ0n) is 17.1. The molecule has 3 aromatic rings. The molecule has 2 fully saturated rings. The van der Waals surface area contributed by atoms with Crippen molar-refractivity contribution in [1.82, 2.24) is 24.6 Å². The molecule has 7 heteroatoms. The highest BCUT2D eigenvalue weighted by atomic mass is 16.2. The smallest absolute Gasteiger partial charge is 0.262 e. The number of aromatic nitrogens is 4. The minimum atomic E-state index is -0.215. The van der Waals surface area contributed by atoms with Crippen molar-refractivity contribution in [3.05, 3.63) is 52.7 Å². The van der Waals surface area contributed by atoms with Gasteiger partial charge in [-0.15, -0.1) is 0 Å². The number of H-pyrrole nitrogens is 1. The first-order chi connectivity index (χ1) is 14.7. The van der Waals surface area contributed by atoms with Gasteiger partial charge in [0.25, 0.3) is 5.56 Å². The maximum absolute atomic E-state index is 12.8. The average Bonchev–Trinajstić information content (AvgIpc) is 3.22. The molecule has 0 unspecified atom stereocenters. The molecule has 7 nitrogen and oxygen atoms in total. The maximum atomic E-state index is 12.8. The van der Waals surface area contributed by atoms with E-state index in [-0.39, 0.29) is 11.5 Å². The van der Waals surface area contributed by atoms with Gasteiger partial charge < -0.3 is 9.88 Å². The van der Waals surface area contributed by atoms with Crippen LogP contribution in [0.3, 0.4) is 0 Å². The van der Waals surface area contributed by atoms with Crippen molar-refractivity contribution in [1.29, 1.82) is 0 Å². The summed E-state index contributed by atoms with van der Waals surface area (Å²) in [4.78, 5) is 34.8. The monoisotopic (exact) mass is 405 g/mol. The van der Waals surface area contributed by atoms with Crippen molar-refractivity contribution in [2.75, 3.05) is 13.1 Å². The summed E-state index contributed by atoms with van der Waals surface area (Å²) >= 11 is 0. The Kier molecular flexibility index (Phi) is 5.11. The number of carbonyl (C=O) groups excluding carboxylic acids is 1. The Hall–Kier alpha value is -2.96. The quantitative estimate of drug-likeness (QED) is 0.723. The number of nitrogens with zero attached hydrogens (tertiary/aromatic N) is 4. The molecule has 2 aromatic heterocycles. The van der Waals surface area contributed by atoms with E-state index in [1.54, 1.807) is 4.68 Å². The van der Waals surface area contributed by atoms with Crippen molar-refractivity contribution in [2.24, 2.45) is 11.8 Å². The summed E-state index contributed by atoms with van der Waals surface area (Å²) in [7, 11) is 0. The molecule has 1 aromatic carbocycles. The van der Waals surface area contributed by atoms with Crippen LogP contribution in [0.4, 0.5) is 0 Å². The minimum absolute atomic E-state index is 0.165. The molecule has 1 saturated heterocycles. The number of para-hydroxylation sites is 1. The third-order valence-electron chi connectivity index (χ3n) is 6.71. The molecule has 3 heterocycles. The van der Waals surface area contributed by atoms with Gasteiger partial charge in [-0.05, 0) is 36.8 Å². The highest BCUT2D eigenvalue weighted by Crippen LogP contribution is 2.36. The van der Waals surface area contributed by atoms with Crippen LogP contribution in [0.25, 0.3) is 16.7 Å². The number of rotatable bonds is 4. The zero-order chi connectivity index (χ0) is 20.5. The predicted molar refractivity (Wildman–Crippen MR) is 114 cm³/mol. The van der Waals surface area contributed by atoms with Crippen molar-refractivity contribution < 1.29 is 4.79 Å². The van der Waals surface area contributed by atoms with Crippen molar-refractivity contribution in [3.63, 3.8) is 0 Å². The second-order valence-electron chi connectivity index (χ2n) is 8.57. The Morgan fingerprint density at radius 2 is 1.90 bits per heavy atom. The summed E-state index contributed by atoms with van der Waals surface area (Å²) in [5.74, 6) is 2.18. The third kappa shape index (κ3) is 3.64. The lowest BCUT2D eigenvalue weighted by atomic mass is 9.75. The molecule has 1 saturated carbocycles. The van der Waals surface area contributed by atoms with Gasteiger partial charge in [0, 0.05) is 25.9 Å². The normalized spacial score (nSPS) is 21.5. The van der Waals surface area contributed by atoms with E-state index in [1.807, 2.05) is 35.2 Å². The molecular weight excluding hydrogens is 378 g/mol. The zero-order valence-corrected chi connectivity index (χ0v) is 17.1. The summed E-state index contributed by atoms with van der Waals surface area (Å²) in [5, 5.41) is 4.79. The topological polar surface area (TPSA) is 83.9 Å². The average molecular weight is 406 g/mol. The first kappa shape index (κ1) is 19.0. The van der Waals surface area contributed by atoms with Gasteiger partial charge in [-0.1, -0.05) is 37.5 Å². The van der Waals surface area contributed by atoms with Crippen LogP contribution in [0.1, 0.15) is 44.3 Å². The number of benzene rings is 1. The van der Waals surface area contributed by atoms with E-state index in [2.05, 4.69) is 15.1 Å². The molecule has 0 bridgehead atoms. The molecule has 2 atom stereocenters. The van der Waals surface area contributed by atoms with Gasteiger partial charge in [-0.25, -0.2) is 9.67 Å². The Morgan fingerprint density at radius 1 is 1.10 bits per heavy atom. The number of aromatic amines is 1. The van der Waals surface area contributed by atoms with Crippen LogP contribution in [0.5, 0.6) is 0 Å². The Balaban J connectivity index is 1.31. The first-order valence-electron chi connectivity index (χ1n) is 11.0. The molecule has 0 spiro atoms. The summed E-state index contributed by atoms with van der Waals surface area (Å²) in [5.41, 5.74) is 1.16. The summed E-state index contributed by atoms with van der Waals surface area (Å²) in [6.45, 7) is 1.76. The maximum Gasteiger partial charge on any atom is 0.262 e. The van der Waals surface area contributed by atoms with Crippen LogP contribution >= 0.6 is 0 Å². The number of piperidine rings is 1. The number of aryl methyl sites for hydroxylation is 1. The van der Waals surface area contributed by atoms with Crippen LogP contribution in [0.15, 0.2) is 41.3 Å². The fourth-order valence-electron chi connectivity index (χ4n) is 5.05. The van der Waals surface area contributed by atoms with Gasteiger partial charge in [0.15, 0.2) is 5.65 Å². The molecule has 1 aliphatic carbocycles. The number of amides is 1. The second-order valence-corrected chi connectivity index (χ2v) is 8.57. The van der Waals surface area contributed by atoms with E-state index >= 15 is 0 Å². The van der Waals surface area contributed by atoms with E-state index in [9.17, 15) is 9.59 Å². The second kappa shape index (κ2) is 8.05. The molecule has 0 radical (unpaired) electrons. The molecule has 1 N–H and O–H groups in total. The highest BCUT2D eigenvalue weighted by Gasteiger charge is 2.32. The molecule has 30 heavy (non-hydrogen) atoms. The van der Waals surface area contributed by atoms with Gasteiger partial charge in [-0.2, -0.15) is 5.10 Å². The van der Waals surface area contributed by atoms with Gasteiger partial charge in [0.2, 0.25) is 5.91 Å². The van der Waals surface area contributed by atoms with E-state index < -0.39 is 0 Å². The Labute approximate surface area is 175 Å². The highest BCUT2D eigenvalue weighted by molar-refractivity contribution is 5.77. The van der Waals surface area contributed by atoms with E-state index in [0.29, 0.717) is 35.6 Å². The van der Waals surface area contributed by atoms with Gasteiger partial charge in [0.1, 0.15) is 11.2 Å². The van der Waals surface area contributed by atoms with Gasteiger partial charge in [-0.3, -0.25) is 9.59 Å². The Bertz CT molecular complexity index is 1100. The lowest BCUT2D eigenvalue weighted by Crippen LogP contribution is -2.44. The molecule has 2 aliphatic rings. The van der Waals surface area contributed by atoms with Gasteiger partial charge in [0.05, 0.1) is 11.9 Å². The lowest BCUT2D eigenvalue weighted by molar-refractivity contribution is -0.134. The summed E-state index contributed by atoms with van der Waals surface area (Å²) < 4.78 is 1.67. The van der Waals surface area contributed by atoms with Crippen molar-refractivity contribution in [2.45, 2.75) is 44.9 Å². The van der Waals surface area contributed by atoms with E-state index in [4.69, 9.17) is 0 Å². The lowest BCUT2D eigenvalue weighted by Gasteiger charge is -2.41. The minimum Gasteiger partial charge on any atom is -0.342 e. The van der Waals surface area contributed by atoms with Crippen LogP contribution in [-0.2, 0) is 11.2 Å². The summed E-state index contributed by atoms with van der Waals surface area (Å²) in [6, 6.07) is 9.62. The fraction of sp³-hybridized carbons (Fsp3) is 0.478. The summed E-state index contributed by atoms with van der Waals surface area (Å²) in [6.07, 6.45) is 8.68. The SMILES string of the molecule is O=C(CCc1nc2c(cnn2-c2ccccc2)c(=O)[nH]1)N1CC[C@H]2CCCC[C@@H]2C1. The number of fused-ring (bicyclic) bond motifs is 2. The van der Waals surface area contributed by atoms with E-state index in [1.165, 1.54) is 31.9 Å². The molecule has 5 rings (SSSR count). The van der Waals surface area contributed by atoms with Crippen LogP contribution in [-0.4, -0.2) is 43.6 Å². The number of carbonyl (C=O) groups is 1. The van der Waals surface area contributed by atoms with Crippen LogP contribution < -0.4 is 5.56 Å². The fourth-order valence-corrected chi connectivity index (χ4v) is 5.05. The van der Waals surface area contributed by atoms with Crippen LogP contribution in [0, 0.1) is 11.8 Å². The molecule has 1 aliphatic heterocycles.